The summed E-state index contributed by atoms with van der Waals surface area (Å²) < 4.78 is 24.2. The smallest absolute Gasteiger partial charge is 0.361 e. The lowest BCUT2D eigenvalue weighted by molar-refractivity contribution is 0.0459. The molecule has 0 aliphatic rings. The number of carbonyl (C=O) groups excluding carboxylic acids is 1. The van der Waals surface area contributed by atoms with E-state index in [-0.39, 0.29) is 12.3 Å². The second kappa shape index (κ2) is 9.45. The van der Waals surface area contributed by atoms with Crippen molar-refractivity contribution in [2.45, 2.75) is 20.5 Å². The zero-order chi connectivity index (χ0) is 23.5. The number of esters is 1. The maximum absolute atomic E-state index is 12.7. The monoisotopic (exact) mass is 512 g/mol. The maximum Gasteiger partial charge on any atom is 0.361 e. The summed E-state index contributed by atoms with van der Waals surface area (Å²) in [7, 11) is 3.17. The number of nitrogens with zero attached hydrogens (tertiary/aromatic N) is 4. The van der Waals surface area contributed by atoms with E-state index in [1.807, 2.05) is 30.3 Å². The van der Waals surface area contributed by atoms with E-state index in [1.54, 1.807) is 44.9 Å². The minimum atomic E-state index is -0.601. The Hall–Kier alpha value is -3.66. The van der Waals surface area contributed by atoms with Gasteiger partial charge in [0.15, 0.2) is 5.69 Å². The second-order valence-corrected chi connectivity index (χ2v) is 7.99. The van der Waals surface area contributed by atoms with Crippen molar-refractivity contribution in [3.63, 3.8) is 0 Å². The number of hydrogen-bond donors (Lipinski definition) is 0. The molecule has 0 saturated heterocycles. The van der Waals surface area contributed by atoms with E-state index < -0.39 is 5.97 Å². The van der Waals surface area contributed by atoms with Crippen LogP contribution in [0.3, 0.4) is 0 Å². The van der Waals surface area contributed by atoms with Gasteiger partial charge in [0, 0.05) is 4.47 Å². The highest BCUT2D eigenvalue weighted by atomic mass is 79.9. The number of aryl methyl sites for hydroxylation is 1. The molecule has 0 amide bonds. The van der Waals surface area contributed by atoms with Crippen molar-refractivity contribution in [1.29, 1.82) is 0 Å². The summed E-state index contributed by atoms with van der Waals surface area (Å²) in [6.07, 6.45) is 0. The van der Waals surface area contributed by atoms with Crippen LogP contribution in [0.1, 0.15) is 27.6 Å². The zero-order valence-electron chi connectivity index (χ0n) is 18.5. The summed E-state index contributed by atoms with van der Waals surface area (Å²) in [5.41, 5.74) is 2.62. The van der Waals surface area contributed by atoms with Gasteiger partial charge in [0.1, 0.15) is 29.6 Å². The van der Waals surface area contributed by atoms with Crippen molar-refractivity contribution in [2.24, 2.45) is 0 Å². The number of oxazole rings is 1. The van der Waals surface area contributed by atoms with Gasteiger partial charge in [0.25, 0.3) is 0 Å². The average Bonchev–Trinajstić information content (AvgIpc) is 3.39. The Kier molecular flexibility index (Phi) is 6.45. The third kappa shape index (κ3) is 4.61. The zero-order valence-corrected chi connectivity index (χ0v) is 20.0. The maximum atomic E-state index is 12.7. The highest BCUT2D eigenvalue weighted by molar-refractivity contribution is 9.10. The second-order valence-electron chi connectivity index (χ2n) is 7.08. The number of halogens is 1. The molecule has 0 unspecified atom stereocenters. The van der Waals surface area contributed by atoms with Crippen molar-refractivity contribution >= 4 is 21.9 Å². The van der Waals surface area contributed by atoms with Crippen molar-refractivity contribution in [2.75, 3.05) is 14.2 Å². The summed E-state index contributed by atoms with van der Waals surface area (Å²) in [5.74, 6) is 1.65. The van der Waals surface area contributed by atoms with Crippen LogP contribution in [0, 0.1) is 13.8 Å². The minimum Gasteiger partial charge on any atom is -0.497 e. The normalized spacial score (nSPS) is 10.8. The topological polar surface area (TPSA) is 102 Å². The SMILES string of the molecule is COc1ccc(-n2nnc(C(=O)OCc3nc(-c4cc(Br)ccc4OC)oc3C)c2C)cc1. The molecule has 2 aromatic heterocycles. The average molecular weight is 513 g/mol. The number of aromatic nitrogens is 4. The van der Waals surface area contributed by atoms with E-state index >= 15 is 0 Å². The number of hydrogen-bond acceptors (Lipinski definition) is 8. The first-order valence-electron chi connectivity index (χ1n) is 9.95. The van der Waals surface area contributed by atoms with Crippen LogP contribution in [0.25, 0.3) is 17.1 Å². The molecule has 2 heterocycles. The Balaban J connectivity index is 1.50. The molecular weight excluding hydrogens is 492 g/mol. The molecule has 2 aromatic carbocycles. The number of benzene rings is 2. The molecule has 0 aliphatic heterocycles. The third-order valence-corrected chi connectivity index (χ3v) is 5.52. The van der Waals surface area contributed by atoms with E-state index in [2.05, 4.69) is 31.2 Å². The van der Waals surface area contributed by atoms with E-state index in [0.717, 1.165) is 15.9 Å². The lowest BCUT2D eigenvalue weighted by Gasteiger charge is -2.05. The first-order chi connectivity index (χ1) is 15.9. The van der Waals surface area contributed by atoms with E-state index in [4.69, 9.17) is 18.6 Å². The van der Waals surface area contributed by atoms with Gasteiger partial charge in [0.05, 0.1) is 31.2 Å². The van der Waals surface area contributed by atoms with Crippen LogP contribution in [0.2, 0.25) is 0 Å². The molecular formula is C23H21BrN4O5. The van der Waals surface area contributed by atoms with Gasteiger partial charge in [-0.25, -0.2) is 14.5 Å². The summed E-state index contributed by atoms with van der Waals surface area (Å²) in [6.45, 7) is 3.44. The Bertz CT molecular complexity index is 1300. The lowest BCUT2D eigenvalue weighted by Crippen LogP contribution is -2.09. The first-order valence-corrected chi connectivity index (χ1v) is 10.7. The number of carbonyl (C=O) groups is 1. The van der Waals surface area contributed by atoms with Gasteiger partial charge in [-0.1, -0.05) is 21.1 Å². The van der Waals surface area contributed by atoms with Crippen LogP contribution in [0.15, 0.2) is 51.4 Å². The van der Waals surface area contributed by atoms with Crippen molar-refractivity contribution in [3.05, 3.63) is 69.8 Å². The summed E-state index contributed by atoms with van der Waals surface area (Å²) in [4.78, 5) is 17.2. The molecule has 170 valence electrons. The fraction of sp³-hybridized carbons (Fsp3) is 0.217. The van der Waals surface area contributed by atoms with Gasteiger partial charge in [-0.15, -0.1) is 5.10 Å². The van der Waals surface area contributed by atoms with Crippen LogP contribution in [-0.4, -0.2) is 40.2 Å². The van der Waals surface area contributed by atoms with Gasteiger partial charge in [-0.3, -0.25) is 0 Å². The highest BCUT2D eigenvalue weighted by Crippen LogP contribution is 2.33. The molecule has 4 aromatic rings. The van der Waals surface area contributed by atoms with Crippen molar-refractivity contribution in [1.82, 2.24) is 20.0 Å². The van der Waals surface area contributed by atoms with Crippen molar-refractivity contribution < 1.29 is 23.4 Å². The van der Waals surface area contributed by atoms with Crippen molar-refractivity contribution in [3.8, 4) is 28.6 Å². The third-order valence-electron chi connectivity index (χ3n) is 5.03. The number of rotatable bonds is 7. The van der Waals surface area contributed by atoms with E-state index in [9.17, 15) is 4.79 Å². The standard InChI is InChI=1S/C23H21BrN4O5/c1-13-21(26-27-28(13)16-6-8-17(30-3)9-7-16)23(29)32-12-19-14(2)33-22(25-19)18-11-15(24)5-10-20(18)31-4/h5-11H,12H2,1-4H3. The van der Waals surface area contributed by atoms with Crippen LogP contribution in [0.5, 0.6) is 11.5 Å². The molecule has 10 heteroatoms. The molecule has 0 N–H and O–H groups in total. The molecule has 0 bridgehead atoms. The summed E-state index contributed by atoms with van der Waals surface area (Å²) in [6, 6.07) is 12.8. The van der Waals surface area contributed by atoms with E-state index in [1.165, 1.54) is 0 Å². The molecule has 0 fully saturated rings. The van der Waals surface area contributed by atoms with Gasteiger partial charge >= 0.3 is 5.97 Å². The molecule has 0 spiro atoms. The Labute approximate surface area is 198 Å². The first kappa shape index (κ1) is 22.5. The van der Waals surface area contributed by atoms with Crippen LogP contribution in [-0.2, 0) is 11.3 Å². The van der Waals surface area contributed by atoms with Crippen LogP contribution < -0.4 is 9.47 Å². The fourth-order valence-electron chi connectivity index (χ4n) is 3.21. The largest absolute Gasteiger partial charge is 0.497 e. The molecule has 4 rings (SSSR count). The number of ether oxygens (including phenoxy) is 3. The van der Waals surface area contributed by atoms with E-state index in [0.29, 0.717) is 34.4 Å². The molecule has 0 atom stereocenters. The quantitative estimate of drug-likeness (QED) is 0.329. The van der Waals surface area contributed by atoms with Gasteiger partial charge in [-0.05, 0) is 56.3 Å². The molecule has 0 saturated carbocycles. The summed E-state index contributed by atoms with van der Waals surface area (Å²) >= 11 is 3.44. The Morgan fingerprint density at radius 2 is 1.85 bits per heavy atom. The van der Waals surface area contributed by atoms with Crippen LogP contribution in [0.4, 0.5) is 0 Å². The molecule has 9 nitrogen and oxygen atoms in total. The molecule has 33 heavy (non-hydrogen) atoms. The predicted molar refractivity (Wildman–Crippen MR) is 123 cm³/mol. The highest BCUT2D eigenvalue weighted by Gasteiger charge is 2.21. The Morgan fingerprint density at radius 1 is 1.09 bits per heavy atom. The fourth-order valence-corrected chi connectivity index (χ4v) is 3.57. The predicted octanol–water partition coefficient (Wildman–Crippen LogP) is 4.68. The number of methoxy groups -OCH3 is 2. The van der Waals surface area contributed by atoms with Gasteiger partial charge in [0.2, 0.25) is 5.89 Å². The van der Waals surface area contributed by atoms with Gasteiger partial charge < -0.3 is 18.6 Å². The summed E-state index contributed by atoms with van der Waals surface area (Å²) in [5, 5.41) is 8.07. The molecule has 0 aliphatic carbocycles. The Morgan fingerprint density at radius 3 is 2.55 bits per heavy atom. The molecule has 0 radical (unpaired) electrons. The van der Waals surface area contributed by atoms with Gasteiger partial charge in [-0.2, -0.15) is 0 Å². The van der Waals surface area contributed by atoms with Crippen LogP contribution >= 0.6 is 15.9 Å². The minimum absolute atomic E-state index is 0.0701. The lowest BCUT2D eigenvalue weighted by atomic mass is 10.2.